The Morgan fingerprint density at radius 2 is 2.12 bits per heavy atom. The molecule has 1 atom stereocenters. The third kappa shape index (κ3) is 3.13. The van der Waals surface area contributed by atoms with Gasteiger partial charge < -0.3 is 4.74 Å². The van der Waals surface area contributed by atoms with Gasteiger partial charge in [0.1, 0.15) is 4.88 Å². The van der Waals surface area contributed by atoms with E-state index in [1.807, 2.05) is 6.92 Å². The molecule has 2 aromatic heterocycles. The first-order valence-corrected chi connectivity index (χ1v) is 10.2. The van der Waals surface area contributed by atoms with Gasteiger partial charge in [-0.1, -0.05) is 28.0 Å². The standard InChI is InChI=1S/C18H20N4O2S2/c1-10-6-7-11(2)15-14(10)19-18(25-15)22(9-13-5-4-8-24-13)17(23)16-12(3)20-21-26-16/h6-7,13H,4-5,8-9H2,1-3H3/t13-/m1/s1. The number of carbonyl (C=O) groups excluding carboxylic acids is 1. The quantitative estimate of drug-likeness (QED) is 0.678. The van der Waals surface area contributed by atoms with E-state index in [9.17, 15) is 4.79 Å². The van der Waals surface area contributed by atoms with Crippen molar-refractivity contribution in [2.24, 2.45) is 0 Å². The van der Waals surface area contributed by atoms with E-state index in [-0.39, 0.29) is 12.0 Å². The zero-order valence-electron chi connectivity index (χ0n) is 15.0. The molecule has 0 radical (unpaired) electrons. The molecule has 8 heteroatoms. The molecule has 136 valence electrons. The molecule has 1 amide bonds. The molecule has 1 fully saturated rings. The number of nitrogens with zero attached hydrogens (tertiary/aromatic N) is 4. The van der Waals surface area contributed by atoms with Crippen LogP contribution in [0.25, 0.3) is 10.2 Å². The molecule has 26 heavy (non-hydrogen) atoms. The van der Waals surface area contributed by atoms with Crippen molar-refractivity contribution >= 4 is 44.1 Å². The lowest BCUT2D eigenvalue weighted by molar-refractivity contribution is 0.0920. The topological polar surface area (TPSA) is 68.2 Å². The molecule has 6 nitrogen and oxygen atoms in total. The minimum atomic E-state index is -0.0950. The summed E-state index contributed by atoms with van der Waals surface area (Å²) in [5.41, 5.74) is 3.92. The van der Waals surface area contributed by atoms with Gasteiger partial charge in [-0.25, -0.2) is 4.98 Å². The van der Waals surface area contributed by atoms with E-state index in [0.717, 1.165) is 46.8 Å². The highest BCUT2D eigenvalue weighted by Crippen LogP contribution is 2.34. The second-order valence-electron chi connectivity index (χ2n) is 6.61. The number of hydrogen-bond donors (Lipinski definition) is 0. The van der Waals surface area contributed by atoms with Crippen LogP contribution in [0.4, 0.5) is 5.13 Å². The van der Waals surface area contributed by atoms with Crippen LogP contribution in [0.2, 0.25) is 0 Å². The Bertz CT molecular complexity index is 920. The number of aromatic nitrogens is 3. The smallest absolute Gasteiger partial charge is 0.273 e. The maximum absolute atomic E-state index is 13.2. The average molecular weight is 389 g/mol. The number of ether oxygens (including phenoxy) is 1. The maximum atomic E-state index is 13.2. The first-order chi connectivity index (χ1) is 12.5. The number of benzene rings is 1. The van der Waals surface area contributed by atoms with Crippen molar-refractivity contribution in [3.63, 3.8) is 0 Å². The molecule has 4 rings (SSSR count). The number of amides is 1. The van der Waals surface area contributed by atoms with Gasteiger partial charge in [0.25, 0.3) is 5.91 Å². The Hall–Kier alpha value is -1.90. The summed E-state index contributed by atoms with van der Waals surface area (Å²) in [7, 11) is 0. The van der Waals surface area contributed by atoms with Crippen LogP contribution < -0.4 is 4.90 Å². The Morgan fingerprint density at radius 3 is 2.77 bits per heavy atom. The number of thiazole rings is 1. The predicted octanol–water partition coefficient (Wildman–Crippen LogP) is 3.90. The molecule has 0 unspecified atom stereocenters. The largest absolute Gasteiger partial charge is 0.376 e. The van der Waals surface area contributed by atoms with Crippen LogP contribution in [-0.4, -0.2) is 39.7 Å². The molecule has 3 aromatic rings. The van der Waals surface area contributed by atoms with E-state index >= 15 is 0 Å². The fourth-order valence-electron chi connectivity index (χ4n) is 3.15. The predicted molar refractivity (Wildman–Crippen MR) is 104 cm³/mol. The van der Waals surface area contributed by atoms with Gasteiger partial charge in [-0.2, -0.15) is 0 Å². The van der Waals surface area contributed by atoms with Crippen LogP contribution >= 0.6 is 22.9 Å². The Balaban J connectivity index is 1.77. The van der Waals surface area contributed by atoms with E-state index in [0.29, 0.717) is 22.2 Å². The minimum absolute atomic E-state index is 0.0503. The lowest BCUT2D eigenvalue weighted by Gasteiger charge is -2.22. The van der Waals surface area contributed by atoms with Gasteiger partial charge in [-0.05, 0) is 56.3 Å². The van der Waals surface area contributed by atoms with E-state index in [2.05, 4.69) is 35.6 Å². The molecule has 0 N–H and O–H groups in total. The van der Waals surface area contributed by atoms with Crippen LogP contribution in [0, 0.1) is 20.8 Å². The normalized spacial score (nSPS) is 17.1. The molecule has 3 heterocycles. The highest BCUT2D eigenvalue weighted by Gasteiger charge is 2.29. The monoisotopic (exact) mass is 388 g/mol. The van der Waals surface area contributed by atoms with Crippen molar-refractivity contribution in [1.82, 2.24) is 14.6 Å². The summed E-state index contributed by atoms with van der Waals surface area (Å²) in [6.45, 7) is 7.20. The zero-order valence-corrected chi connectivity index (χ0v) is 16.6. The molecule has 0 spiro atoms. The van der Waals surface area contributed by atoms with Crippen LogP contribution in [0.1, 0.15) is 39.3 Å². The Labute approximate surface area is 160 Å². The fraction of sp³-hybridized carbons (Fsp3) is 0.444. The summed E-state index contributed by atoms with van der Waals surface area (Å²) in [6.07, 6.45) is 2.05. The Morgan fingerprint density at radius 1 is 1.31 bits per heavy atom. The Kier molecular flexibility index (Phi) is 4.73. The van der Waals surface area contributed by atoms with Gasteiger partial charge in [0, 0.05) is 6.61 Å². The number of carbonyl (C=O) groups is 1. The zero-order chi connectivity index (χ0) is 18.3. The highest BCUT2D eigenvalue weighted by atomic mass is 32.1. The fourth-order valence-corrected chi connectivity index (χ4v) is 4.88. The number of anilines is 1. The van der Waals surface area contributed by atoms with Gasteiger partial charge in [0.15, 0.2) is 5.13 Å². The summed E-state index contributed by atoms with van der Waals surface area (Å²) in [5, 5.41) is 4.70. The molecule has 1 saturated heterocycles. The van der Waals surface area contributed by atoms with Crippen molar-refractivity contribution in [1.29, 1.82) is 0 Å². The molecule has 0 aliphatic carbocycles. The number of rotatable bonds is 4. The van der Waals surface area contributed by atoms with Crippen LogP contribution in [0.15, 0.2) is 12.1 Å². The molecule has 1 aliphatic rings. The van der Waals surface area contributed by atoms with Crippen molar-refractivity contribution < 1.29 is 9.53 Å². The van der Waals surface area contributed by atoms with Gasteiger partial charge in [0.05, 0.1) is 28.6 Å². The summed E-state index contributed by atoms with van der Waals surface area (Å²) >= 11 is 2.70. The second-order valence-corrected chi connectivity index (χ2v) is 8.34. The number of hydrogen-bond acceptors (Lipinski definition) is 7. The summed E-state index contributed by atoms with van der Waals surface area (Å²) in [4.78, 5) is 20.4. The van der Waals surface area contributed by atoms with Gasteiger partial charge in [-0.15, -0.1) is 5.10 Å². The molecular formula is C18H20N4O2S2. The number of fused-ring (bicyclic) bond motifs is 1. The second kappa shape index (κ2) is 7.02. The molecular weight excluding hydrogens is 368 g/mol. The summed E-state index contributed by atoms with van der Waals surface area (Å²) < 4.78 is 10.8. The molecule has 1 aliphatic heterocycles. The average Bonchev–Trinajstić information content (AvgIpc) is 3.36. The van der Waals surface area contributed by atoms with E-state index in [1.165, 1.54) is 5.56 Å². The summed E-state index contributed by atoms with van der Waals surface area (Å²) in [6, 6.07) is 4.17. The maximum Gasteiger partial charge on any atom is 0.273 e. The highest BCUT2D eigenvalue weighted by molar-refractivity contribution is 7.22. The van der Waals surface area contributed by atoms with E-state index in [1.54, 1.807) is 16.2 Å². The van der Waals surface area contributed by atoms with E-state index < -0.39 is 0 Å². The van der Waals surface area contributed by atoms with Crippen molar-refractivity contribution in [3.8, 4) is 0 Å². The van der Waals surface area contributed by atoms with Crippen LogP contribution in [0.3, 0.4) is 0 Å². The van der Waals surface area contributed by atoms with Crippen LogP contribution in [-0.2, 0) is 4.74 Å². The van der Waals surface area contributed by atoms with Gasteiger partial charge >= 0.3 is 0 Å². The molecule has 0 saturated carbocycles. The van der Waals surface area contributed by atoms with Crippen LogP contribution in [0.5, 0.6) is 0 Å². The van der Waals surface area contributed by atoms with Crippen molar-refractivity contribution in [2.45, 2.75) is 39.7 Å². The number of aryl methyl sites for hydroxylation is 3. The van der Waals surface area contributed by atoms with Crippen molar-refractivity contribution in [3.05, 3.63) is 33.8 Å². The van der Waals surface area contributed by atoms with Gasteiger partial charge in [-0.3, -0.25) is 9.69 Å². The van der Waals surface area contributed by atoms with Crippen molar-refractivity contribution in [2.75, 3.05) is 18.1 Å². The molecule has 0 bridgehead atoms. The first kappa shape index (κ1) is 17.5. The molecule has 1 aromatic carbocycles. The third-order valence-electron chi connectivity index (χ3n) is 4.66. The SMILES string of the molecule is Cc1nnsc1C(=O)N(C[C@H]1CCCO1)c1nc2c(C)ccc(C)c2s1. The first-order valence-electron chi connectivity index (χ1n) is 8.63. The minimum Gasteiger partial charge on any atom is -0.376 e. The lowest BCUT2D eigenvalue weighted by Crippen LogP contribution is -2.37. The lowest BCUT2D eigenvalue weighted by atomic mass is 10.1. The third-order valence-corrected chi connectivity index (χ3v) is 6.69. The van der Waals surface area contributed by atoms with Gasteiger partial charge in [0.2, 0.25) is 0 Å². The summed E-state index contributed by atoms with van der Waals surface area (Å²) in [5.74, 6) is -0.0950. The van der Waals surface area contributed by atoms with E-state index in [4.69, 9.17) is 9.72 Å².